The zero-order valence-electron chi connectivity index (χ0n) is 18.1. The van der Waals surface area contributed by atoms with Crippen LogP contribution in [0.3, 0.4) is 0 Å². The third-order valence-electron chi connectivity index (χ3n) is 4.88. The van der Waals surface area contributed by atoms with E-state index in [1.807, 2.05) is 0 Å². The maximum atomic E-state index is 13.1. The lowest BCUT2D eigenvalue weighted by Crippen LogP contribution is -2.36. The second-order valence-corrected chi connectivity index (χ2v) is 8.61. The van der Waals surface area contributed by atoms with Crippen molar-refractivity contribution in [2.45, 2.75) is 0 Å². The summed E-state index contributed by atoms with van der Waals surface area (Å²) >= 11 is 18.1. The third kappa shape index (κ3) is 5.68. The third-order valence-corrected chi connectivity index (χ3v) is 5.56. The minimum atomic E-state index is -0.992. The Morgan fingerprint density at radius 2 is 1.43 bits per heavy atom. The lowest BCUT2D eigenvalue weighted by atomic mass is 10.2. The maximum absolute atomic E-state index is 13.1. The normalized spacial score (nSPS) is 10.6. The summed E-state index contributed by atoms with van der Waals surface area (Å²) in [6.07, 6.45) is 0. The number of rotatable bonds is 5. The summed E-state index contributed by atoms with van der Waals surface area (Å²) in [6, 6.07) is 17.4. The molecule has 0 fully saturated rings. The van der Waals surface area contributed by atoms with Crippen LogP contribution in [-0.2, 0) is 9.59 Å². The molecule has 0 bridgehead atoms. The van der Waals surface area contributed by atoms with Gasteiger partial charge in [-0.05, 0) is 66.7 Å². The number of halogens is 3. The molecule has 1 heterocycles. The molecule has 35 heavy (non-hydrogen) atoms. The van der Waals surface area contributed by atoms with Crippen LogP contribution in [-0.4, -0.2) is 29.5 Å². The van der Waals surface area contributed by atoms with E-state index in [0.717, 1.165) is 0 Å². The fourth-order valence-corrected chi connectivity index (χ4v) is 4.02. The van der Waals surface area contributed by atoms with Crippen molar-refractivity contribution < 1.29 is 19.1 Å². The highest BCUT2D eigenvalue weighted by Crippen LogP contribution is 2.26. The lowest BCUT2D eigenvalue weighted by molar-refractivity contribution is -0.133. The van der Waals surface area contributed by atoms with Gasteiger partial charge < -0.3 is 15.4 Å². The molecule has 0 aliphatic heterocycles. The van der Waals surface area contributed by atoms with Gasteiger partial charge in [-0.2, -0.15) is 0 Å². The Bertz CT molecular complexity index is 1430. The number of ether oxygens (including phenoxy) is 1. The smallest absolute Gasteiger partial charge is 0.328 e. The van der Waals surface area contributed by atoms with Gasteiger partial charge in [0.25, 0.3) is 5.91 Å². The van der Waals surface area contributed by atoms with Crippen molar-refractivity contribution in [1.82, 2.24) is 4.68 Å². The number of nitrogens with one attached hydrogen (secondary N) is 3. The van der Waals surface area contributed by atoms with Crippen molar-refractivity contribution in [1.29, 1.82) is 0 Å². The number of aromatic nitrogens is 1. The number of amides is 3. The summed E-state index contributed by atoms with van der Waals surface area (Å²) in [5, 5.41) is 6.86. The number of hydrogen-bond acceptors (Lipinski definition) is 4. The van der Waals surface area contributed by atoms with Crippen molar-refractivity contribution in [3.8, 4) is 5.75 Å². The van der Waals surface area contributed by atoms with Gasteiger partial charge in [-0.1, -0.05) is 34.8 Å². The van der Waals surface area contributed by atoms with Crippen LogP contribution in [0.1, 0.15) is 10.5 Å². The number of carbonyl (C=O) groups is 3. The molecule has 0 aliphatic carbocycles. The molecule has 3 amide bonds. The summed E-state index contributed by atoms with van der Waals surface area (Å²) in [7, 11) is 1.52. The molecular weight excluding hydrogens is 515 g/mol. The van der Waals surface area contributed by atoms with E-state index >= 15 is 0 Å². The van der Waals surface area contributed by atoms with Gasteiger partial charge in [0.1, 0.15) is 11.4 Å². The van der Waals surface area contributed by atoms with Crippen LogP contribution >= 0.6 is 34.8 Å². The van der Waals surface area contributed by atoms with Gasteiger partial charge in [-0.25, -0.2) is 4.68 Å². The van der Waals surface area contributed by atoms with Gasteiger partial charge in [-0.3, -0.25) is 19.8 Å². The van der Waals surface area contributed by atoms with E-state index < -0.39 is 17.7 Å². The van der Waals surface area contributed by atoms with E-state index in [9.17, 15) is 14.4 Å². The van der Waals surface area contributed by atoms with E-state index in [0.29, 0.717) is 43.1 Å². The molecule has 0 atom stereocenters. The first kappa shape index (κ1) is 24.4. The summed E-state index contributed by atoms with van der Waals surface area (Å²) in [4.78, 5) is 38.3. The molecule has 0 radical (unpaired) electrons. The standard InChI is InChI=1S/C24H17Cl3N4O4/c1-35-19-5-3-17(4-6-19)28-23(33)24(34)30-31-20-7-2-14(25)8-13(20)9-21(31)22(32)29-18-11-15(26)10-16(27)12-18/h2-12H,1H3,(H,28,33)(H,29,32)(H,30,34). The SMILES string of the molecule is COc1ccc(NC(=O)C(=O)Nn2c(C(=O)Nc3cc(Cl)cc(Cl)c3)cc3cc(Cl)ccc32)cc1. The van der Waals surface area contributed by atoms with E-state index in [1.54, 1.807) is 42.5 Å². The van der Waals surface area contributed by atoms with Crippen LogP contribution in [0, 0.1) is 0 Å². The number of carbonyl (C=O) groups excluding carboxylic acids is 3. The van der Waals surface area contributed by atoms with Gasteiger partial charge >= 0.3 is 11.8 Å². The first-order valence-electron chi connectivity index (χ1n) is 10.1. The molecule has 0 aliphatic rings. The minimum Gasteiger partial charge on any atom is -0.497 e. The number of methoxy groups -OCH3 is 1. The summed E-state index contributed by atoms with van der Waals surface area (Å²) in [5.74, 6) is -1.90. The highest BCUT2D eigenvalue weighted by molar-refractivity contribution is 6.42. The Balaban J connectivity index is 1.61. The molecule has 0 saturated carbocycles. The van der Waals surface area contributed by atoms with Crippen LogP contribution in [0.2, 0.25) is 15.1 Å². The van der Waals surface area contributed by atoms with E-state index in [1.165, 1.54) is 36.1 Å². The summed E-state index contributed by atoms with van der Waals surface area (Å²) in [5.41, 5.74) is 3.72. The van der Waals surface area contributed by atoms with Crippen molar-refractivity contribution in [3.05, 3.63) is 87.5 Å². The molecular formula is C24H17Cl3N4O4. The molecule has 4 rings (SSSR count). The molecule has 0 unspecified atom stereocenters. The number of anilines is 2. The number of fused-ring (bicyclic) bond motifs is 1. The average Bonchev–Trinajstić information content (AvgIpc) is 3.16. The van der Waals surface area contributed by atoms with E-state index in [2.05, 4.69) is 16.1 Å². The topological polar surface area (TPSA) is 101 Å². The maximum Gasteiger partial charge on any atom is 0.328 e. The Morgan fingerprint density at radius 3 is 2.09 bits per heavy atom. The molecule has 178 valence electrons. The molecule has 4 aromatic rings. The van der Waals surface area contributed by atoms with Gasteiger partial charge in [0.2, 0.25) is 0 Å². The zero-order valence-corrected chi connectivity index (χ0v) is 20.3. The van der Waals surface area contributed by atoms with Gasteiger partial charge in [-0.15, -0.1) is 0 Å². The number of benzene rings is 3. The van der Waals surface area contributed by atoms with Gasteiger partial charge in [0.15, 0.2) is 0 Å². The van der Waals surface area contributed by atoms with Crippen molar-refractivity contribution in [2.75, 3.05) is 23.2 Å². The van der Waals surface area contributed by atoms with Crippen LogP contribution in [0.5, 0.6) is 5.75 Å². The first-order chi connectivity index (χ1) is 16.7. The van der Waals surface area contributed by atoms with Gasteiger partial charge in [0.05, 0.1) is 12.6 Å². The Morgan fingerprint density at radius 1 is 0.743 bits per heavy atom. The highest BCUT2D eigenvalue weighted by atomic mass is 35.5. The highest BCUT2D eigenvalue weighted by Gasteiger charge is 2.21. The summed E-state index contributed by atoms with van der Waals surface area (Å²) < 4.78 is 6.29. The average molecular weight is 532 g/mol. The molecule has 0 saturated heterocycles. The molecule has 1 aromatic heterocycles. The Hall–Kier alpha value is -3.72. The van der Waals surface area contributed by atoms with E-state index in [4.69, 9.17) is 39.5 Å². The number of hydrogen-bond donors (Lipinski definition) is 3. The van der Waals surface area contributed by atoms with Crippen LogP contribution in [0.4, 0.5) is 11.4 Å². The second kappa shape index (κ2) is 10.3. The molecule has 3 N–H and O–H groups in total. The Labute approximate surface area is 214 Å². The monoisotopic (exact) mass is 530 g/mol. The summed E-state index contributed by atoms with van der Waals surface area (Å²) in [6.45, 7) is 0. The largest absolute Gasteiger partial charge is 0.497 e. The predicted octanol–water partition coefficient (Wildman–Crippen LogP) is 5.57. The quantitative estimate of drug-likeness (QED) is 0.293. The second-order valence-electron chi connectivity index (χ2n) is 7.30. The van der Waals surface area contributed by atoms with Crippen LogP contribution < -0.4 is 20.8 Å². The first-order valence-corrected chi connectivity index (χ1v) is 11.2. The van der Waals surface area contributed by atoms with Gasteiger partial charge in [0, 0.05) is 31.8 Å². The lowest BCUT2D eigenvalue weighted by Gasteiger charge is -2.13. The van der Waals surface area contributed by atoms with Crippen molar-refractivity contribution in [2.24, 2.45) is 0 Å². The zero-order chi connectivity index (χ0) is 25.1. The molecule has 0 spiro atoms. The minimum absolute atomic E-state index is 0.0453. The van der Waals surface area contributed by atoms with Crippen molar-refractivity contribution in [3.63, 3.8) is 0 Å². The molecule has 11 heteroatoms. The fraction of sp³-hybridized carbons (Fsp3) is 0.0417. The molecule has 3 aromatic carbocycles. The molecule has 8 nitrogen and oxygen atoms in total. The van der Waals surface area contributed by atoms with Crippen molar-refractivity contribution >= 4 is 74.8 Å². The fourth-order valence-electron chi connectivity index (χ4n) is 3.31. The van der Waals surface area contributed by atoms with Crippen LogP contribution in [0.15, 0.2) is 66.7 Å². The number of nitrogens with zero attached hydrogens (tertiary/aromatic N) is 1. The predicted molar refractivity (Wildman–Crippen MR) is 137 cm³/mol. The van der Waals surface area contributed by atoms with E-state index in [-0.39, 0.29) is 5.69 Å². The Kier molecular flexibility index (Phi) is 7.16. The van der Waals surface area contributed by atoms with Crippen LogP contribution in [0.25, 0.3) is 10.9 Å².